The van der Waals surface area contributed by atoms with Gasteiger partial charge in [0.2, 0.25) is 0 Å². The molecule has 0 amide bonds. The average molecular weight is 295 g/mol. The average Bonchev–Trinajstić information content (AvgIpc) is 2.73. The van der Waals surface area contributed by atoms with Crippen molar-refractivity contribution in [3.05, 3.63) is 41.7 Å². The van der Waals surface area contributed by atoms with Crippen LogP contribution in [0.5, 0.6) is 0 Å². The molecule has 1 aromatic heterocycles. The molecule has 2 aromatic rings. The molecule has 0 saturated carbocycles. The lowest BCUT2D eigenvalue weighted by molar-refractivity contribution is 0.0696. The first kappa shape index (κ1) is 14.1. The number of sulfonamides is 1. The predicted molar refractivity (Wildman–Crippen MR) is 72.2 cm³/mol. The highest BCUT2D eigenvalue weighted by Gasteiger charge is 2.19. The van der Waals surface area contributed by atoms with Gasteiger partial charge in [-0.05, 0) is 24.6 Å². The van der Waals surface area contributed by atoms with Gasteiger partial charge in [0.15, 0.2) is 0 Å². The van der Waals surface area contributed by atoms with Crippen LogP contribution < -0.4 is 4.72 Å². The molecule has 0 bridgehead atoms. The molecular weight excluding hydrogens is 282 g/mol. The quantitative estimate of drug-likeness (QED) is 0.883. The van der Waals surface area contributed by atoms with Crippen LogP contribution in [0.25, 0.3) is 0 Å². The van der Waals surface area contributed by atoms with E-state index in [1.54, 1.807) is 14.0 Å². The summed E-state index contributed by atoms with van der Waals surface area (Å²) in [5.41, 5.74) is 0.696. The van der Waals surface area contributed by atoms with Crippen molar-refractivity contribution in [2.45, 2.75) is 11.8 Å². The number of nitrogens with zero attached hydrogens (tertiary/aromatic N) is 2. The zero-order chi connectivity index (χ0) is 14.9. The van der Waals surface area contributed by atoms with Crippen LogP contribution in [0.4, 0.5) is 5.69 Å². The second-order valence-corrected chi connectivity index (χ2v) is 5.94. The first-order valence-corrected chi connectivity index (χ1v) is 7.13. The summed E-state index contributed by atoms with van der Waals surface area (Å²) in [5, 5.41) is 12.8. The van der Waals surface area contributed by atoms with Gasteiger partial charge in [-0.2, -0.15) is 5.10 Å². The van der Waals surface area contributed by atoms with E-state index in [0.29, 0.717) is 11.3 Å². The molecule has 0 aliphatic rings. The summed E-state index contributed by atoms with van der Waals surface area (Å²) in [7, 11) is -2.19. The number of hydrogen-bond acceptors (Lipinski definition) is 4. The third kappa shape index (κ3) is 2.80. The van der Waals surface area contributed by atoms with Crippen LogP contribution in [0.2, 0.25) is 0 Å². The Labute approximate surface area is 115 Å². The van der Waals surface area contributed by atoms with Gasteiger partial charge in [-0.15, -0.1) is 0 Å². The molecule has 106 valence electrons. The second-order valence-electron chi connectivity index (χ2n) is 4.29. The molecule has 2 rings (SSSR count). The molecule has 0 spiro atoms. The van der Waals surface area contributed by atoms with Gasteiger partial charge in [-0.25, -0.2) is 13.2 Å². The van der Waals surface area contributed by atoms with Gasteiger partial charge in [0, 0.05) is 13.2 Å². The van der Waals surface area contributed by atoms with Gasteiger partial charge < -0.3 is 5.11 Å². The highest BCUT2D eigenvalue weighted by Crippen LogP contribution is 2.20. The van der Waals surface area contributed by atoms with Crippen molar-refractivity contribution in [2.24, 2.45) is 7.05 Å². The van der Waals surface area contributed by atoms with Crippen molar-refractivity contribution in [1.82, 2.24) is 9.78 Å². The number of carbonyl (C=O) groups is 1. The summed E-state index contributed by atoms with van der Waals surface area (Å²) in [4.78, 5) is 10.9. The molecule has 20 heavy (non-hydrogen) atoms. The topological polar surface area (TPSA) is 101 Å². The van der Waals surface area contributed by atoms with Crippen LogP contribution in [-0.4, -0.2) is 29.3 Å². The molecule has 0 fully saturated rings. The lowest BCUT2D eigenvalue weighted by Gasteiger charge is -2.09. The molecule has 7 nitrogen and oxygen atoms in total. The normalized spacial score (nSPS) is 11.3. The van der Waals surface area contributed by atoms with E-state index in [1.807, 2.05) is 0 Å². The standard InChI is InChI=1S/C12H13N3O4S/c1-8-3-4-9(12(16)17)5-11(8)20(18,19)14-10-6-13-15(2)7-10/h3-7,14H,1-2H3,(H,16,17). The third-order valence-corrected chi connectivity index (χ3v) is 4.20. The Morgan fingerprint density at radius 2 is 2.10 bits per heavy atom. The molecule has 0 unspecified atom stereocenters. The Hall–Kier alpha value is -2.35. The molecule has 0 saturated heterocycles. The molecule has 1 heterocycles. The number of rotatable bonds is 4. The van der Waals surface area contributed by atoms with Crippen LogP contribution in [0.15, 0.2) is 35.5 Å². The number of aromatic nitrogens is 2. The number of anilines is 1. The number of carboxylic acids is 1. The fraction of sp³-hybridized carbons (Fsp3) is 0.167. The summed E-state index contributed by atoms with van der Waals surface area (Å²) < 4.78 is 28.3. The maximum atomic E-state index is 12.3. The molecule has 2 N–H and O–H groups in total. The Morgan fingerprint density at radius 3 is 2.65 bits per heavy atom. The highest BCUT2D eigenvalue weighted by atomic mass is 32.2. The predicted octanol–water partition coefficient (Wildman–Crippen LogP) is 1.23. The van der Waals surface area contributed by atoms with Crippen molar-refractivity contribution < 1.29 is 18.3 Å². The summed E-state index contributed by atoms with van der Waals surface area (Å²) >= 11 is 0. The molecule has 0 aliphatic heterocycles. The molecule has 8 heteroatoms. The van der Waals surface area contributed by atoms with E-state index in [2.05, 4.69) is 9.82 Å². The minimum Gasteiger partial charge on any atom is -0.478 e. The lowest BCUT2D eigenvalue weighted by Crippen LogP contribution is -2.15. The van der Waals surface area contributed by atoms with Crippen LogP contribution in [0.1, 0.15) is 15.9 Å². The number of aromatic carboxylic acids is 1. The number of aryl methyl sites for hydroxylation is 2. The van der Waals surface area contributed by atoms with Crippen LogP contribution in [0, 0.1) is 6.92 Å². The van der Waals surface area contributed by atoms with E-state index >= 15 is 0 Å². The minimum absolute atomic E-state index is 0.0683. The van der Waals surface area contributed by atoms with Gasteiger partial charge in [0.05, 0.1) is 22.3 Å². The number of benzene rings is 1. The van der Waals surface area contributed by atoms with Crippen molar-refractivity contribution in [3.8, 4) is 0 Å². The van der Waals surface area contributed by atoms with E-state index in [9.17, 15) is 13.2 Å². The van der Waals surface area contributed by atoms with E-state index in [1.165, 1.54) is 29.2 Å². The summed E-state index contributed by atoms with van der Waals surface area (Å²) in [6.07, 6.45) is 2.88. The van der Waals surface area contributed by atoms with Crippen molar-refractivity contribution in [3.63, 3.8) is 0 Å². The summed E-state index contributed by atoms with van der Waals surface area (Å²) in [6, 6.07) is 3.96. The van der Waals surface area contributed by atoms with Gasteiger partial charge in [0.25, 0.3) is 10.0 Å². The van der Waals surface area contributed by atoms with Gasteiger partial charge in [-0.1, -0.05) is 6.07 Å². The van der Waals surface area contributed by atoms with Gasteiger partial charge in [0.1, 0.15) is 0 Å². The summed E-state index contributed by atoms with van der Waals surface area (Å²) in [5.74, 6) is -1.18. The number of carboxylic acid groups (broad SMARTS) is 1. The fourth-order valence-electron chi connectivity index (χ4n) is 1.71. The highest BCUT2D eigenvalue weighted by molar-refractivity contribution is 7.92. The first-order valence-electron chi connectivity index (χ1n) is 5.65. The zero-order valence-corrected chi connectivity index (χ0v) is 11.7. The summed E-state index contributed by atoms with van der Waals surface area (Å²) in [6.45, 7) is 1.60. The van der Waals surface area contributed by atoms with Crippen molar-refractivity contribution >= 4 is 21.7 Å². The van der Waals surface area contributed by atoms with Crippen molar-refractivity contribution in [2.75, 3.05) is 4.72 Å². The fourth-order valence-corrected chi connectivity index (χ4v) is 3.01. The molecule has 1 aromatic carbocycles. The molecule has 0 atom stereocenters. The Bertz CT molecular complexity index is 765. The number of hydrogen-bond donors (Lipinski definition) is 2. The van der Waals surface area contributed by atoms with E-state index in [0.717, 1.165) is 6.07 Å². The Kier molecular flexibility index (Phi) is 3.49. The molecule has 0 radical (unpaired) electrons. The monoisotopic (exact) mass is 295 g/mol. The van der Waals surface area contributed by atoms with Crippen LogP contribution in [0.3, 0.4) is 0 Å². The lowest BCUT2D eigenvalue weighted by atomic mass is 10.1. The smallest absolute Gasteiger partial charge is 0.335 e. The van der Waals surface area contributed by atoms with Crippen molar-refractivity contribution in [1.29, 1.82) is 0 Å². The largest absolute Gasteiger partial charge is 0.478 e. The Balaban J connectivity index is 2.43. The molecule has 0 aliphatic carbocycles. The van der Waals surface area contributed by atoms with Gasteiger partial charge in [-0.3, -0.25) is 9.40 Å². The first-order chi connectivity index (χ1) is 9.29. The Morgan fingerprint density at radius 1 is 1.40 bits per heavy atom. The maximum absolute atomic E-state index is 12.3. The minimum atomic E-state index is -3.85. The SMILES string of the molecule is Cc1ccc(C(=O)O)cc1S(=O)(=O)Nc1cnn(C)c1. The molecular formula is C12H13N3O4S. The van der Waals surface area contributed by atoms with Gasteiger partial charge >= 0.3 is 5.97 Å². The van der Waals surface area contributed by atoms with E-state index < -0.39 is 16.0 Å². The zero-order valence-electron chi connectivity index (χ0n) is 10.9. The van der Waals surface area contributed by atoms with E-state index in [-0.39, 0.29) is 10.5 Å². The van der Waals surface area contributed by atoms with Crippen LogP contribution >= 0.6 is 0 Å². The second kappa shape index (κ2) is 4.97. The van der Waals surface area contributed by atoms with E-state index in [4.69, 9.17) is 5.11 Å². The van der Waals surface area contributed by atoms with Crippen LogP contribution in [-0.2, 0) is 17.1 Å². The number of nitrogens with one attached hydrogen (secondary N) is 1. The third-order valence-electron chi connectivity index (χ3n) is 2.68. The maximum Gasteiger partial charge on any atom is 0.335 e.